The Morgan fingerprint density at radius 3 is 2.82 bits per heavy atom. The first kappa shape index (κ1) is 15.8. The fourth-order valence-corrected chi connectivity index (χ4v) is 1.81. The van der Waals surface area contributed by atoms with Crippen molar-refractivity contribution in [1.29, 1.82) is 0 Å². The van der Waals surface area contributed by atoms with Gasteiger partial charge in [0.1, 0.15) is 5.75 Å². The summed E-state index contributed by atoms with van der Waals surface area (Å²) in [7, 11) is 0. The Labute approximate surface area is 129 Å². The number of hydrazone groups is 1. The second-order valence-electron chi connectivity index (χ2n) is 5.23. The molecule has 0 radical (unpaired) electrons. The number of anilines is 1. The molecule has 1 heterocycles. The molecule has 0 fully saturated rings. The number of aryl methyl sites for hydroxylation is 1. The molecule has 2 aromatic rings. The van der Waals surface area contributed by atoms with Gasteiger partial charge in [0.2, 0.25) is 5.95 Å². The van der Waals surface area contributed by atoms with Crippen molar-refractivity contribution >= 4 is 12.2 Å². The summed E-state index contributed by atoms with van der Waals surface area (Å²) >= 11 is 0. The molecule has 0 unspecified atom stereocenters. The number of aromatic nitrogens is 2. The van der Waals surface area contributed by atoms with Crippen LogP contribution in [0.15, 0.2) is 34.2 Å². The Morgan fingerprint density at radius 2 is 2.14 bits per heavy atom. The van der Waals surface area contributed by atoms with E-state index < -0.39 is 0 Å². The van der Waals surface area contributed by atoms with E-state index in [-0.39, 0.29) is 11.7 Å². The summed E-state index contributed by atoms with van der Waals surface area (Å²) in [5.41, 5.74) is 4.72. The van der Waals surface area contributed by atoms with Crippen LogP contribution in [-0.2, 0) is 0 Å². The number of rotatable bonds is 5. The first-order valence-electron chi connectivity index (χ1n) is 7.09. The monoisotopic (exact) mass is 300 g/mol. The molecule has 116 valence electrons. The molecule has 0 aliphatic heterocycles. The molecule has 1 aromatic heterocycles. The highest BCUT2D eigenvalue weighted by Gasteiger charge is 2.02. The topological polar surface area (TPSA) is 79.4 Å². The van der Waals surface area contributed by atoms with E-state index in [1.165, 1.54) is 0 Å². The number of hydrogen-bond acceptors (Lipinski definition) is 5. The number of H-pyrrole nitrogens is 1. The number of benzene rings is 1. The van der Waals surface area contributed by atoms with Crippen LogP contribution >= 0.6 is 0 Å². The zero-order chi connectivity index (χ0) is 16.1. The van der Waals surface area contributed by atoms with Gasteiger partial charge in [0.05, 0.1) is 12.3 Å². The summed E-state index contributed by atoms with van der Waals surface area (Å²) in [6.45, 7) is 7.47. The van der Waals surface area contributed by atoms with Crippen molar-refractivity contribution in [2.24, 2.45) is 5.10 Å². The molecule has 6 heteroatoms. The largest absolute Gasteiger partial charge is 0.491 e. The molecule has 1 aromatic carbocycles. The normalized spacial score (nSPS) is 11.1. The Balaban J connectivity index is 2.08. The standard InChI is InChI=1S/C16H20N4O2/c1-10(2)22-14-7-5-6-13(8-14)9-17-20-16-18-12(4)11(3)15(21)19-16/h5-10H,1-4H3,(H2,18,19,20,21)/b17-9-. The van der Waals surface area contributed by atoms with Crippen LogP contribution in [0.5, 0.6) is 5.75 Å². The predicted molar refractivity (Wildman–Crippen MR) is 87.8 cm³/mol. The van der Waals surface area contributed by atoms with Crippen molar-refractivity contribution in [3.8, 4) is 5.75 Å². The zero-order valence-electron chi connectivity index (χ0n) is 13.2. The number of hydrogen-bond donors (Lipinski definition) is 2. The number of nitrogens with zero attached hydrogens (tertiary/aromatic N) is 2. The molecule has 0 aliphatic rings. The van der Waals surface area contributed by atoms with Gasteiger partial charge in [0.15, 0.2) is 0 Å². The molecular weight excluding hydrogens is 280 g/mol. The Morgan fingerprint density at radius 1 is 1.36 bits per heavy atom. The summed E-state index contributed by atoms with van der Waals surface area (Å²) < 4.78 is 5.62. The second-order valence-corrected chi connectivity index (χ2v) is 5.23. The molecule has 0 saturated carbocycles. The first-order chi connectivity index (χ1) is 10.5. The van der Waals surface area contributed by atoms with Crippen LogP contribution < -0.4 is 15.7 Å². The van der Waals surface area contributed by atoms with Gasteiger partial charge < -0.3 is 4.74 Å². The molecule has 0 spiro atoms. The third-order valence-electron chi connectivity index (χ3n) is 3.01. The van der Waals surface area contributed by atoms with Gasteiger partial charge in [-0.05, 0) is 45.4 Å². The van der Waals surface area contributed by atoms with Crippen molar-refractivity contribution in [1.82, 2.24) is 9.97 Å². The molecule has 0 saturated heterocycles. The fraction of sp³-hybridized carbons (Fsp3) is 0.312. The summed E-state index contributed by atoms with van der Waals surface area (Å²) in [5.74, 6) is 1.11. The Kier molecular flexibility index (Phi) is 4.93. The summed E-state index contributed by atoms with van der Waals surface area (Å²) in [4.78, 5) is 18.5. The van der Waals surface area contributed by atoms with Gasteiger partial charge >= 0.3 is 0 Å². The van der Waals surface area contributed by atoms with Crippen LogP contribution in [0.4, 0.5) is 5.95 Å². The fourth-order valence-electron chi connectivity index (χ4n) is 1.81. The number of ether oxygens (including phenoxy) is 1. The molecule has 0 aliphatic carbocycles. The zero-order valence-corrected chi connectivity index (χ0v) is 13.2. The van der Waals surface area contributed by atoms with Crippen LogP contribution in [0.1, 0.15) is 30.7 Å². The lowest BCUT2D eigenvalue weighted by Gasteiger charge is -2.09. The highest BCUT2D eigenvalue weighted by molar-refractivity contribution is 5.80. The predicted octanol–water partition coefficient (Wildman–Crippen LogP) is 2.62. The summed E-state index contributed by atoms with van der Waals surface area (Å²) in [5, 5.41) is 4.08. The first-order valence-corrected chi connectivity index (χ1v) is 7.09. The van der Waals surface area contributed by atoms with Crippen LogP contribution in [0.25, 0.3) is 0 Å². The SMILES string of the molecule is Cc1nc(N/N=C\c2cccc(OC(C)C)c2)[nH]c(=O)c1C. The van der Waals surface area contributed by atoms with Gasteiger partial charge in [-0.1, -0.05) is 12.1 Å². The van der Waals surface area contributed by atoms with E-state index in [2.05, 4.69) is 20.5 Å². The molecule has 2 rings (SSSR count). The van der Waals surface area contributed by atoms with E-state index in [1.54, 1.807) is 20.1 Å². The average molecular weight is 300 g/mol. The van der Waals surface area contributed by atoms with Gasteiger partial charge in [-0.25, -0.2) is 10.4 Å². The van der Waals surface area contributed by atoms with Gasteiger partial charge in [-0.2, -0.15) is 5.10 Å². The lowest BCUT2D eigenvalue weighted by molar-refractivity contribution is 0.242. The van der Waals surface area contributed by atoms with Crippen molar-refractivity contribution in [2.45, 2.75) is 33.8 Å². The maximum atomic E-state index is 11.6. The second kappa shape index (κ2) is 6.89. The maximum Gasteiger partial charge on any atom is 0.255 e. The minimum Gasteiger partial charge on any atom is -0.491 e. The van der Waals surface area contributed by atoms with Gasteiger partial charge in [0.25, 0.3) is 5.56 Å². The maximum absolute atomic E-state index is 11.6. The summed E-state index contributed by atoms with van der Waals surface area (Å²) in [6, 6.07) is 7.60. The Hall–Kier alpha value is -2.63. The van der Waals surface area contributed by atoms with Crippen molar-refractivity contribution in [2.75, 3.05) is 5.43 Å². The van der Waals surface area contributed by atoms with E-state index in [1.807, 2.05) is 38.1 Å². The van der Waals surface area contributed by atoms with Crippen molar-refractivity contribution in [3.05, 3.63) is 51.4 Å². The van der Waals surface area contributed by atoms with E-state index >= 15 is 0 Å². The summed E-state index contributed by atoms with van der Waals surface area (Å²) in [6.07, 6.45) is 1.76. The minimum atomic E-state index is -0.169. The van der Waals surface area contributed by atoms with Gasteiger partial charge in [-0.15, -0.1) is 0 Å². The van der Waals surface area contributed by atoms with E-state index in [9.17, 15) is 4.79 Å². The van der Waals surface area contributed by atoms with Crippen LogP contribution in [-0.4, -0.2) is 22.3 Å². The highest BCUT2D eigenvalue weighted by Crippen LogP contribution is 2.13. The lowest BCUT2D eigenvalue weighted by Crippen LogP contribution is -2.15. The smallest absolute Gasteiger partial charge is 0.255 e. The molecule has 22 heavy (non-hydrogen) atoms. The van der Waals surface area contributed by atoms with E-state index in [4.69, 9.17) is 4.74 Å². The number of aromatic amines is 1. The van der Waals surface area contributed by atoms with E-state index in [0.717, 1.165) is 11.3 Å². The van der Waals surface area contributed by atoms with Crippen LogP contribution in [0.3, 0.4) is 0 Å². The molecule has 0 atom stereocenters. The molecular formula is C16H20N4O2. The van der Waals surface area contributed by atoms with Gasteiger partial charge in [-0.3, -0.25) is 9.78 Å². The van der Waals surface area contributed by atoms with Crippen molar-refractivity contribution < 1.29 is 4.74 Å². The Bertz CT molecular complexity index is 735. The average Bonchev–Trinajstić information content (AvgIpc) is 2.44. The molecule has 0 bridgehead atoms. The third-order valence-corrected chi connectivity index (χ3v) is 3.01. The highest BCUT2D eigenvalue weighted by atomic mass is 16.5. The quantitative estimate of drug-likeness (QED) is 0.657. The van der Waals surface area contributed by atoms with Crippen molar-refractivity contribution in [3.63, 3.8) is 0 Å². The number of nitrogens with one attached hydrogen (secondary N) is 2. The molecule has 2 N–H and O–H groups in total. The van der Waals surface area contributed by atoms with Gasteiger partial charge in [0, 0.05) is 11.3 Å². The molecule has 6 nitrogen and oxygen atoms in total. The minimum absolute atomic E-state index is 0.120. The molecule has 0 amide bonds. The van der Waals surface area contributed by atoms with Crippen LogP contribution in [0, 0.1) is 13.8 Å². The van der Waals surface area contributed by atoms with Crippen LogP contribution in [0.2, 0.25) is 0 Å². The van der Waals surface area contributed by atoms with E-state index in [0.29, 0.717) is 17.2 Å². The third kappa shape index (κ3) is 4.18. The lowest BCUT2D eigenvalue weighted by atomic mass is 10.2.